The summed E-state index contributed by atoms with van der Waals surface area (Å²) in [6.07, 6.45) is -0.545. The molecule has 1 aromatic rings. The summed E-state index contributed by atoms with van der Waals surface area (Å²) in [6.45, 7) is 4.92. The Labute approximate surface area is 165 Å². The topological polar surface area (TPSA) is 103 Å². The van der Waals surface area contributed by atoms with Gasteiger partial charge in [0.2, 0.25) is 0 Å². The van der Waals surface area contributed by atoms with E-state index in [-0.39, 0.29) is 19.8 Å². The van der Waals surface area contributed by atoms with Gasteiger partial charge in [0.1, 0.15) is 19.3 Å². The van der Waals surface area contributed by atoms with Gasteiger partial charge in [-0.25, -0.2) is 9.59 Å². The molecule has 8 heteroatoms. The van der Waals surface area contributed by atoms with Crippen LogP contribution in [0.1, 0.15) is 39.2 Å². The molecule has 0 radical (unpaired) electrons. The van der Waals surface area contributed by atoms with Crippen LogP contribution in [-0.2, 0) is 30.3 Å². The molecule has 1 aromatic carbocycles. The predicted molar refractivity (Wildman–Crippen MR) is 100 cm³/mol. The zero-order valence-corrected chi connectivity index (χ0v) is 16.6. The van der Waals surface area contributed by atoms with Crippen molar-refractivity contribution < 1.29 is 33.6 Å². The average molecular weight is 395 g/mol. The first-order chi connectivity index (χ1) is 13.3. The van der Waals surface area contributed by atoms with Crippen molar-refractivity contribution in [1.82, 2.24) is 5.32 Å². The van der Waals surface area contributed by atoms with Crippen LogP contribution in [0.15, 0.2) is 30.3 Å². The number of carbonyl (C=O) groups is 2. The molecule has 156 valence electrons. The van der Waals surface area contributed by atoms with Crippen molar-refractivity contribution in [2.75, 3.05) is 13.2 Å². The molecule has 0 aromatic heterocycles. The summed E-state index contributed by atoms with van der Waals surface area (Å²) in [7, 11) is 0. The molecule has 1 aliphatic carbocycles. The second-order valence-electron chi connectivity index (χ2n) is 7.07. The number of alkyl carbamates (subject to hydrolysis) is 1. The summed E-state index contributed by atoms with van der Waals surface area (Å²) >= 11 is 0. The van der Waals surface area contributed by atoms with E-state index >= 15 is 0 Å². The SMILES string of the molecule is CCOC(=O)CO[C@H]1CC[C@@H](NC(=O)OCc2ccccc2)[C@@H]1OC(C)(C)O. The van der Waals surface area contributed by atoms with Crippen LogP contribution in [0.25, 0.3) is 0 Å². The fraction of sp³-hybridized carbons (Fsp3) is 0.600. The standard InChI is InChI=1S/C20H29NO7/c1-4-25-17(22)13-26-16-11-10-15(18(16)28-20(2,3)24)21-19(23)27-12-14-8-6-5-7-9-14/h5-9,15-16,18,24H,4,10-13H2,1-3H3,(H,21,23)/t15-,16+,18+/m1/s1. The monoisotopic (exact) mass is 395 g/mol. The Hall–Kier alpha value is -2.16. The Morgan fingerprint density at radius 1 is 1.18 bits per heavy atom. The summed E-state index contributed by atoms with van der Waals surface area (Å²) in [6, 6.07) is 8.93. The molecule has 0 aliphatic heterocycles. The van der Waals surface area contributed by atoms with E-state index in [9.17, 15) is 14.7 Å². The molecule has 1 saturated carbocycles. The number of benzene rings is 1. The second-order valence-corrected chi connectivity index (χ2v) is 7.07. The van der Waals surface area contributed by atoms with Gasteiger partial charge < -0.3 is 29.4 Å². The molecule has 3 atom stereocenters. The molecule has 2 N–H and O–H groups in total. The van der Waals surface area contributed by atoms with Crippen molar-refractivity contribution in [2.24, 2.45) is 0 Å². The van der Waals surface area contributed by atoms with Crippen molar-refractivity contribution >= 4 is 12.1 Å². The average Bonchev–Trinajstić information content (AvgIpc) is 2.99. The van der Waals surface area contributed by atoms with Crippen LogP contribution in [0.4, 0.5) is 4.79 Å². The lowest BCUT2D eigenvalue weighted by Crippen LogP contribution is -2.48. The van der Waals surface area contributed by atoms with Gasteiger partial charge in [-0.05, 0) is 39.2 Å². The zero-order chi connectivity index (χ0) is 20.6. The van der Waals surface area contributed by atoms with Gasteiger partial charge in [-0.3, -0.25) is 0 Å². The minimum Gasteiger partial charge on any atom is -0.464 e. The lowest BCUT2D eigenvalue weighted by molar-refractivity contribution is -0.228. The lowest BCUT2D eigenvalue weighted by atomic mass is 10.2. The molecule has 28 heavy (non-hydrogen) atoms. The van der Waals surface area contributed by atoms with Crippen molar-refractivity contribution in [1.29, 1.82) is 0 Å². The van der Waals surface area contributed by atoms with Gasteiger partial charge in [0.15, 0.2) is 5.79 Å². The van der Waals surface area contributed by atoms with Crippen LogP contribution in [0.5, 0.6) is 0 Å². The lowest BCUT2D eigenvalue weighted by Gasteiger charge is -2.31. The van der Waals surface area contributed by atoms with Crippen molar-refractivity contribution in [3.63, 3.8) is 0 Å². The van der Waals surface area contributed by atoms with Crippen molar-refractivity contribution in [3.8, 4) is 0 Å². The van der Waals surface area contributed by atoms with Crippen LogP contribution >= 0.6 is 0 Å². The van der Waals surface area contributed by atoms with Gasteiger partial charge in [0, 0.05) is 0 Å². The Morgan fingerprint density at radius 3 is 2.54 bits per heavy atom. The molecule has 0 heterocycles. The summed E-state index contributed by atoms with van der Waals surface area (Å²) in [5.41, 5.74) is 0.879. The quantitative estimate of drug-likeness (QED) is 0.488. The third-order valence-electron chi connectivity index (χ3n) is 4.19. The molecule has 0 spiro atoms. The van der Waals surface area contributed by atoms with Crippen molar-refractivity contribution in [2.45, 2.75) is 64.3 Å². The van der Waals surface area contributed by atoms with E-state index in [0.29, 0.717) is 12.8 Å². The van der Waals surface area contributed by atoms with Gasteiger partial charge in [-0.2, -0.15) is 0 Å². The highest BCUT2D eigenvalue weighted by Crippen LogP contribution is 2.29. The van der Waals surface area contributed by atoms with Gasteiger partial charge >= 0.3 is 12.1 Å². The van der Waals surface area contributed by atoms with Crippen LogP contribution in [0, 0.1) is 0 Å². The third-order valence-corrected chi connectivity index (χ3v) is 4.19. The van der Waals surface area contributed by atoms with E-state index in [0.717, 1.165) is 5.56 Å². The van der Waals surface area contributed by atoms with E-state index in [1.165, 1.54) is 13.8 Å². The third kappa shape index (κ3) is 7.46. The fourth-order valence-corrected chi connectivity index (χ4v) is 3.05. The number of aliphatic hydroxyl groups is 1. The zero-order valence-electron chi connectivity index (χ0n) is 16.6. The summed E-state index contributed by atoms with van der Waals surface area (Å²) < 4.78 is 21.4. The first-order valence-electron chi connectivity index (χ1n) is 9.43. The molecule has 2 rings (SSSR count). The first kappa shape index (κ1) is 22.1. The number of nitrogens with one attached hydrogen (secondary N) is 1. The maximum Gasteiger partial charge on any atom is 0.407 e. The molecule has 0 saturated heterocycles. The molecule has 1 fully saturated rings. The Balaban J connectivity index is 1.91. The number of rotatable bonds is 9. The maximum absolute atomic E-state index is 12.2. The number of amides is 1. The van der Waals surface area contributed by atoms with E-state index < -0.39 is 36.1 Å². The number of ether oxygens (including phenoxy) is 4. The minimum atomic E-state index is -1.42. The van der Waals surface area contributed by atoms with Gasteiger partial charge in [-0.15, -0.1) is 0 Å². The fourth-order valence-electron chi connectivity index (χ4n) is 3.05. The number of esters is 1. The summed E-state index contributed by atoms with van der Waals surface area (Å²) in [5, 5.41) is 12.8. The second kappa shape index (κ2) is 10.4. The van der Waals surface area contributed by atoms with E-state index in [1.54, 1.807) is 6.92 Å². The molecule has 0 bridgehead atoms. The number of hydrogen-bond acceptors (Lipinski definition) is 7. The van der Waals surface area contributed by atoms with Gasteiger partial charge in [0.25, 0.3) is 0 Å². The summed E-state index contributed by atoms with van der Waals surface area (Å²) in [5.74, 6) is -1.89. The normalized spacial score (nSPS) is 21.9. The van der Waals surface area contributed by atoms with E-state index in [4.69, 9.17) is 18.9 Å². The van der Waals surface area contributed by atoms with Crippen LogP contribution in [-0.4, -0.2) is 54.4 Å². The number of carbonyl (C=O) groups excluding carboxylic acids is 2. The first-order valence-corrected chi connectivity index (χ1v) is 9.43. The molecule has 1 amide bonds. The van der Waals surface area contributed by atoms with E-state index in [1.807, 2.05) is 30.3 Å². The number of hydrogen-bond donors (Lipinski definition) is 2. The van der Waals surface area contributed by atoms with Crippen LogP contribution in [0.2, 0.25) is 0 Å². The molecule has 0 unspecified atom stereocenters. The van der Waals surface area contributed by atoms with Crippen LogP contribution in [0.3, 0.4) is 0 Å². The van der Waals surface area contributed by atoms with Gasteiger partial charge in [-0.1, -0.05) is 30.3 Å². The highest BCUT2D eigenvalue weighted by atomic mass is 16.6. The predicted octanol–water partition coefficient (Wildman–Crippen LogP) is 2.14. The molecular formula is C20H29NO7. The minimum absolute atomic E-state index is 0.152. The highest BCUT2D eigenvalue weighted by molar-refractivity contribution is 5.70. The molecule has 8 nitrogen and oxygen atoms in total. The van der Waals surface area contributed by atoms with Crippen LogP contribution < -0.4 is 5.32 Å². The molecular weight excluding hydrogens is 366 g/mol. The Bertz CT molecular complexity index is 629. The molecule has 1 aliphatic rings. The maximum atomic E-state index is 12.2. The smallest absolute Gasteiger partial charge is 0.407 e. The van der Waals surface area contributed by atoms with Crippen molar-refractivity contribution in [3.05, 3.63) is 35.9 Å². The Kier molecular flexibility index (Phi) is 8.22. The highest BCUT2D eigenvalue weighted by Gasteiger charge is 2.42. The van der Waals surface area contributed by atoms with E-state index in [2.05, 4.69) is 5.32 Å². The Morgan fingerprint density at radius 2 is 1.89 bits per heavy atom. The summed E-state index contributed by atoms with van der Waals surface area (Å²) in [4.78, 5) is 23.7. The largest absolute Gasteiger partial charge is 0.464 e. The van der Waals surface area contributed by atoms with Gasteiger partial charge in [0.05, 0.1) is 18.8 Å².